The molecule has 4 nitrogen and oxygen atoms in total. The van der Waals surface area contributed by atoms with Crippen LogP contribution >= 0.6 is 0 Å². The molecule has 0 saturated heterocycles. The highest BCUT2D eigenvalue weighted by Gasteiger charge is 2.65. The maximum Gasteiger partial charge on any atom is 0.338 e. The molecule has 0 N–H and O–H groups in total. The molecule has 7 atom stereocenters. The fraction of sp³-hybridized carbons (Fsp3) is 0.545. The van der Waals surface area contributed by atoms with Gasteiger partial charge in [-0.1, -0.05) is 109 Å². The quantitative estimate of drug-likeness (QED) is 0.303. The molecule has 5 aliphatic rings. The van der Waals surface area contributed by atoms with Crippen molar-refractivity contribution in [3.8, 4) is 0 Å². The minimum Gasteiger partial charge on any atom is -0.462 e. The maximum atomic E-state index is 13.1. The number of benzene rings is 2. The third-order valence-electron chi connectivity index (χ3n) is 14.5. The van der Waals surface area contributed by atoms with Crippen molar-refractivity contribution >= 4 is 11.9 Å². The number of carbonyl (C=O) groups is 2. The zero-order valence-corrected chi connectivity index (χ0v) is 30.2. The van der Waals surface area contributed by atoms with Gasteiger partial charge >= 0.3 is 11.9 Å². The standard InChI is InChI=1S/C44H54O4/c1-39(2)34-19-18-33-32(42(34,5)22-21-36(39)48-38(46)31-16-12-9-13-17-31)20-23-44(7)35-28-40(3,24-25-41(35,4)26-27-43(33,44)6)29-47-37(45)30-14-10-8-11-15-30/h8-20,35-36H,21-29H2,1-7H3. The monoisotopic (exact) mass is 646 g/mol. The number of hydrogen-bond donors (Lipinski definition) is 0. The van der Waals surface area contributed by atoms with Gasteiger partial charge in [0.25, 0.3) is 0 Å². The van der Waals surface area contributed by atoms with E-state index in [9.17, 15) is 9.59 Å². The highest BCUT2D eigenvalue weighted by atomic mass is 16.5. The van der Waals surface area contributed by atoms with E-state index in [1.807, 2.05) is 60.7 Å². The van der Waals surface area contributed by atoms with Crippen LogP contribution in [0.15, 0.2) is 95.6 Å². The second-order valence-corrected chi connectivity index (χ2v) is 17.7. The van der Waals surface area contributed by atoms with Crippen molar-refractivity contribution in [2.24, 2.45) is 38.4 Å². The van der Waals surface area contributed by atoms with E-state index in [1.165, 1.54) is 36.0 Å². The minimum absolute atomic E-state index is 0.0422. The summed E-state index contributed by atoms with van der Waals surface area (Å²) < 4.78 is 12.3. The average Bonchev–Trinajstić information content (AvgIpc) is 3.07. The summed E-state index contributed by atoms with van der Waals surface area (Å²) in [7, 11) is 0. The third-order valence-corrected chi connectivity index (χ3v) is 14.5. The van der Waals surface area contributed by atoms with E-state index in [2.05, 4.69) is 66.7 Å². The fourth-order valence-corrected chi connectivity index (χ4v) is 11.1. The van der Waals surface area contributed by atoms with Crippen molar-refractivity contribution in [3.63, 3.8) is 0 Å². The molecule has 3 fully saturated rings. The van der Waals surface area contributed by atoms with Crippen LogP contribution in [0.4, 0.5) is 0 Å². The zero-order valence-electron chi connectivity index (χ0n) is 30.2. The van der Waals surface area contributed by atoms with Crippen LogP contribution in [-0.4, -0.2) is 24.6 Å². The first-order valence-electron chi connectivity index (χ1n) is 18.3. The number of allylic oxidation sites excluding steroid dienone is 5. The SMILES string of the molecule is CC1(COC(=O)c2ccccc2)CCC2(C)CCC3(C)C4=CC=C5C(C)(CCC(OC(=O)c6ccccc6)C5(C)C)C4=CCC3(C)C2C1. The molecule has 0 bridgehead atoms. The topological polar surface area (TPSA) is 52.6 Å². The van der Waals surface area contributed by atoms with Crippen LogP contribution in [0.25, 0.3) is 0 Å². The van der Waals surface area contributed by atoms with E-state index >= 15 is 0 Å². The highest BCUT2D eigenvalue weighted by molar-refractivity contribution is 5.90. The Kier molecular flexibility index (Phi) is 7.81. The summed E-state index contributed by atoms with van der Waals surface area (Å²) in [6.45, 7) is 17.5. The lowest BCUT2D eigenvalue weighted by Crippen LogP contribution is -2.60. The molecule has 0 amide bonds. The molecule has 0 spiro atoms. The van der Waals surface area contributed by atoms with Crippen LogP contribution < -0.4 is 0 Å². The van der Waals surface area contributed by atoms with Gasteiger partial charge in [0, 0.05) is 16.2 Å². The Morgan fingerprint density at radius 3 is 2.02 bits per heavy atom. The van der Waals surface area contributed by atoms with Gasteiger partial charge in [-0.05, 0) is 109 Å². The summed E-state index contributed by atoms with van der Waals surface area (Å²) in [5.74, 6) is 0.0785. The molecule has 7 unspecified atom stereocenters. The lowest BCUT2D eigenvalue weighted by Gasteiger charge is -2.68. The van der Waals surface area contributed by atoms with Crippen LogP contribution in [0.2, 0.25) is 0 Å². The molecule has 2 aromatic carbocycles. The van der Waals surface area contributed by atoms with Crippen molar-refractivity contribution < 1.29 is 19.1 Å². The number of carbonyl (C=O) groups excluding carboxylic acids is 2. The number of fused-ring (bicyclic) bond motifs is 7. The van der Waals surface area contributed by atoms with Crippen molar-refractivity contribution in [3.05, 3.63) is 107 Å². The minimum atomic E-state index is -0.282. The molecule has 48 heavy (non-hydrogen) atoms. The number of esters is 2. The molecule has 5 aliphatic carbocycles. The Hall–Kier alpha value is -3.40. The van der Waals surface area contributed by atoms with Gasteiger partial charge in [0.15, 0.2) is 0 Å². The lowest BCUT2D eigenvalue weighted by atomic mass is 9.36. The first kappa shape index (κ1) is 33.1. The van der Waals surface area contributed by atoms with Crippen molar-refractivity contribution in [2.45, 2.75) is 106 Å². The fourth-order valence-electron chi connectivity index (χ4n) is 11.1. The number of rotatable bonds is 5. The Morgan fingerprint density at radius 2 is 1.35 bits per heavy atom. The molecular weight excluding hydrogens is 592 g/mol. The van der Waals surface area contributed by atoms with E-state index in [4.69, 9.17) is 9.47 Å². The molecule has 3 saturated carbocycles. The molecule has 4 heteroatoms. The molecule has 2 aromatic rings. The van der Waals surface area contributed by atoms with Crippen molar-refractivity contribution in [1.82, 2.24) is 0 Å². The average molecular weight is 647 g/mol. The summed E-state index contributed by atoms with van der Waals surface area (Å²) in [6, 6.07) is 18.8. The highest BCUT2D eigenvalue weighted by Crippen LogP contribution is 2.74. The summed E-state index contributed by atoms with van der Waals surface area (Å²) >= 11 is 0. The maximum absolute atomic E-state index is 13.1. The second kappa shape index (κ2) is 11.3. The molecule has 0 aromatic heterocycles. The van der Waals surface area contributed by atoms with Crippen LogP contribution in [0, 0.1) is 38.4 Å². The molecular formula is C44H54O4. The molecule has 254 valence electrons. The summed E-state index contributed by atoms with van der Waals surface area (Å²) in [6.07, 6.45) is 15.9. The van der Waals surface area contributed by atoms with Crippen molar-refractivity contribution in [2.75, 3.05) is 6.61 Å². The lowest BCUT2D eigenvalue weighted by molar-refractivity contribution is -0.147. The largest absolute Gasteiger partial charge is 0.462 e. The number of hydrogen-bond acceptors (Lipinski definition) is 4. The van der Waals surface area contributed by atoms with E-state index < -0.39 is 0 Å². The molecule has 7 rings (SSSR count). The predicted molar refractivity (Wildman–Crippen MR) is 191 cm³/mol. The van der Waals surface area contributed by atoms with Crippen LogP contribution in [0.3, 0.4) is 0 Å². The van der Waals surface area contributed by atoms with Gasteiger partial charge in [0.1, 0.15) is 6.10 Å². The predicted octanol–water partition coefficient (Wildman–Crippen LogP) is 10.7. The first-order chi connectivity index (χ1) is 22.7. The molecule has 0 heterocycles. The van der Waals surface area contributed by atoms with Gasteiger partial charge < -0.3 is 9.47 Å². The smallest absolute Gasteiger partial charge is 0.338 e. The van der Waals surface area contributed by atoms with E-state index in [0.29, 0.717) is 23.7 Å². The Morgan fingerprint density at radius 1 is 0.729 bits per heavy atom. The molecule has 0 radical (unpaired) electrons. The van der Waals surface area contributed by atoms with Gasteiger partial charge in [0.05, 0.1) is 17.7 Å². The van der Waals surface area contributed by atoms with E-state index in [1.54, 1.807) is 0 Å². The van der Waals surface area contributed by atoms with Gasteiger partial charge in [-0.15, -0.1) is 0 Å². The van der Waals surface area contributed by atoms with Gasteiger partial charge in [-0.2, -0.15) is 0 Å². The summed E-state index contributed by atoms with van der Waals surface area (Å²) in [4.78, 5) is 26.1. The van der Waals surface area contributed by atoms with Crippen LogP contribution in [0.1, 0.15) is 121 Å². The van der Waals surface area contributed by atoms with E-state index in [-0.39, 0.29) is 50.5 Å². The van der Waals surface area contributed by atoms with Crippen LogP contribution in [-0.2, 0) is 9.47 Å². The zero-order chi connectivity index (χ0) is 34.2. The van der Waals surface area contributed by atoms with E-state index in [0.717, 1.165) is 32.1 Å². The third kappa shape index (κ3) is 4.99. The van der Waals surface area contributed by atoms with Crippen LogP contribution in [0.5, 0.6) is 0 Å². The Balaban J connectivity index is 1.17. The summed E-state index contributed by atoms with van der Waals surface area (Å²) in [5, 5.41) is 0. The van der Waals surface area contributed by atoms with Gasteiger partial charge in [-0.25, -0.2) is 9.59 Å². The Bertz CT molecular complexity index is 1700. The second-order valence-electron chi connectivity index (χ2n) is 17.7. The first-order valence-corrected chi connectivity index (χ1v) is 18.3. The van der Waals surface area contributed by atoms with Gasteiger partial charge in [0.2, 0.25) is 0 Å². The Labute approximate surface area is 288 Å². The molecule has 0 aliphatic heterocycles. The summed E-state index contributed by atoms with van der Waals surface area (Å²) in [5.41, 5.74) is 5.69. The normalized spacial score (nSPS) is 38.0. The van der Waals surface area contributed by atoms with Gasteiger partial charge in [-0.3, -0.25) is 0 Å². The number of ether oxygens (including phenoxy) is 2. The van der Waals surface area contributed by atoms with Crippen molar-refractivity contribution in [1.29, 1.82) is 0 Å².